The van der Waals surface area contributed by atoms with Gasteiger partial charge in [0.1, 0.15) is 5.78 Å². The second-order valence-corrected chi connectivity index (χ2v) is 8.02. The van der Waals surface area contributed by atoms with Gasteiger partial charge in [-0.05, 0) is 37.5 Å². The number of carbonyl (C=O) groups excluding carboxylic acids is 2. The van der Waals surface area contributed by atoms with E-state index in [4.69, 9.17) is 4.74 Å². The number of carbonyl (C=O) groups is 2. The summed E-state index contributed by atoms with van der Waals surface area (Å²) in [6.45, 7) is 2.86. The third-order valence-electron chi connectivity index (χ3n) is 5.82. The molecule has 5 heteroatoms. The fourth-order valence-corrected chi connectivity index (χ4v) is 4.19. The van der Waals surface area contributed by atoms with E-state index in [1.54, 1.807) is 7.11 Å². The molecule has 0 bridgehead atoms. The first-order valence-electron chi connectivity index (χ1n) is 11.0. The molecule has 4 atom stereocenters. The number of aliphatic hydroxyl groups excluding tert-OH is 1. The van der Waals surface area contributed by atoms with Crippen LogP contribution in [0.25, 0.3) is 0 Å². The molecular formula is C23H40O5. The van der Waals surface area contributed by atoms with E-state index in [1.807, 2.05) is 0 Å². The molecule has 0 aliphatic heterocycles. The molecule has 1 rings (SSSR count). The first kappa shape index (κ1) is 24.8. The molecule has 0 amide bonds. The fraction of sp³-hybridized carbons (Fsp3) is 0.826. The molecule has 0 aromatic carbocycles. The maximum atomic E-state index is 12.6. The highest BCUT2D eigenvalue weighted by molar-refractivity contribution is 5.84. The van der Waals surface area contributed by atoms with Crippen LogP contribution in [0.3, 0.4) is 0 Å². The van der Waals surface area contributed by atoms with Gasteiger partial charge in [0.15, 0.2) is 6.10 Å². The Bertz CT molecular complexity index is 474. The Labute approximate surface area is 170 Å². The molecule has 28 heavy (non-hydrogen) atoms. The zero-order valence-electron chi connectivity index (χ0n) is 18.0. The van der Waals surface area contributed by atoms with Crippen LogP contribution >= 0.6 is 0 Å². The van der Waals surface area contributed by atoms with E-state index in [0.717, 1.165) is 32.1 Å². The molecule has 1 fully saturated rings. The van der Waals surface area contributed by atoms with E-state index >= 15 is 0 Å². The maximum Gasteiger partial charge on any atom is 0.334 e. The van der Waals surface area contributed by atoms with Crippen molar-refractivity contribution in [1.29, 1.82) is 0 Å². The van der Waals surface area contributed by atoms with Crippen LogP contribution in [0, 0.1) is 17.8 Å². The van der Waals surface area contributed by atoms with Crippen molar-refractivity contribution in [3.63, 3.8) is 0 Å². The summed E-state index contributed by atoms with van der Waals surface area (Å²) in [7, 11) is 2.99. The Kier molecular flexibility index (Phi) is 13.1. The number of hydrogen-bond donors (Lipinski definition) is 1. The van der Waals surface area contributed by atoms with E-state index in [9.17, 15) is 14.7 Å². The van der Waals surface area contributed by atoms with Crippen LogP contribution in [0.15, 0.2) is 12.2 Å². The minimum absolute atomic E-state index is 0.0811. The zero-order valence-corrected chi connectivity index (χ0v) is 18.0. The van der Waals surface area contributed by atoms with Crippen molar-refractivity contribution in [1.82, 2.24) is 0 Å². The number of unbranched alkanes of at least 4 members (excludes halogenated alkanes) is 6. The Morgan fingerprint density at radius 2 is 1.93 bits per heavy atom. The van der Waals surface area contributed by atoms with Crippen molar-refractivity contribution in [2.45, 2.75) is 83.7 Å². The molecule has 0 aromatic heterocycles. The Morgan fingerprint density at radius 3 is 2.61 bits per heavy atom. The molecule has 1 saturated carbocycles. The molecule has 0 aromatic rings. The number of rotatable bonds is 15. The van der Waals surface area contributed by atoms with Crippen molar-refractivity contribution in [2.75, 3.05) is 20.8 Å². The van der Waals surface area contributed by atoms with E-state index in [1.165, 1.54) is 32.8 Å². The van der Waals surface area contributed by atoms with Crippen molar-refractivity contribution >= 4 is 11.8 Å². The van der Waals surface area contributed by atoms with Crippen molar-refractivity contribution in [3.05, 3.63) is 12.2 Å². The van der Waals surface area contributed by atoms with Gasteiger partial charge in [0.25, 0.3) is 0 Å². The summed E-state index contributed by atoms with van der Waals surface area (Å²) in [6.07, 6.45) is 14.1. The molecule has 1 aliphatic carbocycles. The summed E-state index contributed by atoms with van der Waals surface area (Å²) in [5.41, 5.74) is 0. The third kappa shape index (κ3) is 8.87. The summed E-state index contributed by atoms with van der Waals surface area (Å²) >= 11 is 0. The lowest BCUT2D eigenvalue weighted by molar-refractivity contribution is -0.150. The predicted molar refractivity (Wildman–Crippen MR) is 111 cm³/mol. The highest BCUT2D eigenvalue weighted by Gasteiger charge is 2.40. The van der Waals surface area contributed by atoms with Crippen molar-refractivity contribution in [3.8, 4) is 0 Å². The summed E-state index contributed by atoms with van der Waals surface area (Å²) in [6, 6.07) is 0. The first-order chi connectivity index (χ1) is 13.5. The highest BCUT2D eigenvalue weighted by Crippen LogP contribution is 2.39. The number of hydrogen-bond acceptors (Lipinski definition) is 5. The Hall–Kier alpha value is -1.20. The lowest BCUT2D eigenvalue weighted by atomic mass is 9.85. The van der Waals surface area contributed by atoms with Crippen LogP contribution in [-0.2, 0) is 19.1 Å². The van der Waals surface area contributed by atoms with Gasteiger partial charge in [-0.2, -0.15) is 0 Å². The minimum Gasteiger partial charge on any atom is -0.467 e. The summed E-state index contributed by atoms with van der Waals surface area (Å²) in [5, 5.41) is 9.63. The van der Waals surface area contributed by atoms with E-state index in [0.29, 0.717) is 25.2 Å². The lowest BCUT2D eigenvalue weighted by Gasteiger charge is -2.20. The molecule has 1 unspecified atom stereocenters. The lowest BCUT2D eigenvalue weighted by Crippen LogP contribution is -2.21. The van der Waals surface area contributed by atoms with E-state index in [-0.39, 0.29) is 17.8 Å². The topological polar surface area (TPSA) is 72.8 Å². The molecule has 5 nitrogen and oxygen atoms in total. The highest BCUT2D eigenvalue weighted by atomic mass is 16.5. The molecule has 1 N–H and O–H groups in total. The van der Waals surface area contributed by atoms with Gasteiger partial charge in [0.05, 0.1) is 13.7 Å². The number of allylic oxidation sites excluding steroid dienone is 2. The quantitative estimate of drug-likeness (QED) is 0.251. The Balaban J connectivity index is 2.45. The fourth-order valence-electron chi connectivity index (χ4n) is 4.19. The van der Waals surface area contributed by atoms with Crippen LogP contribution in [0.1, 0.15) is 77.6 Å². The molecule has 1 aliphatic rings. The van der Waals surface area contributed by atoms with Crippen LogP contribution < -0.4 is 0 Å². The number of esters is 1. The second kappa shape index (κ2) is 14.7. The molecular weight excluding hydrogens is 356 g/mol. The van der Waals surface area contributed by atoms with E-state index in [2.05, 4.69) is 23.8 Å². The van der Waals surface area contributed by atoms with Gasteiger partial charge in [0, 0.05) is 19.4 Å². The number of methoxy groups -OCH3 is 2. The van der Waals surface area contributed by atoms with Crippen LogP contribution in [0.5, 0.6) is 0 Å². The second-order valence-electron chi connectivity index (χ2n) is 8.02. The third-order valence-corrected chi connectivity index (χ3v) is 5.82. The number of Topliss-reactive ketones (excluding diaryl/α,β-unsaturated/α-hetero) is 1. The van der Waals surface area contributed by atoms with Gasteiger partial charge >= 0.3 is 5.97 Å². The number of aliphatic hydroxyl groups is 1. The largest absolute Gasteiger partial charge is 0.467 e. The van der Waals surface area contributed by atoms with Gasteiger partial charge in [-0.1, -0.05) is 57.6 Å². The number of ketones is 1. The van der Waals surface area contributed by atoms with Crippen LogP contribution in [0.4, 0.5) is 0 Å². The van der Waals surface area contributed by atoms with Gasteiger partial charge in [-0.3, -0.25) is 4.79 Å². The monoisotopic (exact) mass is 396 g/mol. The van der Waals surface area contributed by atoms with Gasteiger partial charge in [0.2, 0.25) is 0 Å². The standard InChI is InChI=1S/C23H40O5/c1-4-5-6-7-8-10-13-19-18(17-27-2)16-22(25)20(19)14-11-9-12-15-21(24)23(26)28-3/h10,13,18-21,24H,4-9,11-12,14-17H2,1-3H3/t18-,19-,20+,21?/m0/s1. The zero-order chi connectivity index (χ0) is 20.8. The Morgan fingerprint density at radius 1 is 1.18 bits per heavy atom. The predicted octanol–water partition coefficient (Wildman–Crippen LogP) is 4.47. The minimum atomic E-state index is -1.03. The number of ether oxygens (including phenoxy) is 2. The molecule has 162 valence electrons. The summed E-state index contributed by atoms with van der Waals surface area (Å²) in [4.78, 5) is 23.8. The smallest absolute Gasteiger partial charge is 0.334 e. The maximum absolute atomic E-state index is 12.6. The van der Waals surface area contributed by atoms with Crippen molar-refractivity contribution in [2.24, 2.45) is 17.8 Å². The average molecular weight is 397 g/mol. The first-order valence-corrected chi connectivity index (χ1v) is 11.0. The summed E-state index contributed by atoms with van der Waals surface area (Å²) in [5.74, 6) is 0.433. The van der Waals surface area contributed by atoms with Gasteiger partial charge in [-0.15, -0.1) is 0 Å². The van der Waals surface area contributed by atoms with Gasteiger partial charge < -0.3 is 14.6 Å². The van der Waals surface area contributed by atoms with Crippen molar-refractivity contribution < 1.29 is 24.2 Å². The SMILES string of the molecule is CCCCCCC=C[C@H]1[C@H](COC)CC(=O)[C@@H]1CCCCCC(O)C(=O)OC. The van der Waals surface area contributed by atoms with Gasteiger partial charge in [-0.25, -0.2) is 4.79 Å². The van der Waals surface area contributed by atoms with E-state index < -0.39 is 12.1 Å². The summed E-state index contributed by atoms with van der Waals surface area (Å²) < 4.78 is 9.89. The molecule has 0 spiro atoms. The molecule has 0 saturated heterocycles. The normalized spacial score (nSPS) is 23.4. The van der Waals surface area contributed by atoms with Crippen LogP contribution in [0.2, 0.25) is 0 Å². The molecule has 0 heterocycles. The molecule has 0 radical (unpaired) electrons. The van der Waals surface area contributed by atoms with Crippen LogP contribution in [-0.4, -0.2) is 43.8 Å². The average Bonchev–Trinajstić information content (AvgIpc) is 2.98.